The Labute approximate surface area is 91.4 Å². The van der Waals surface area contributed by atoms with Gasteiger partial charge in [0.2, 0.25) is 0 Å². The van der Waals surface area contributed by atoms with Gasteiger partial charge < -0.3 is 15.5 Å². The average Bonchev–Trinajstić information content (AvgIpc) is 2.80. The molecular formula is C11H21N3O. The number of hydrogen-bond donors (Lipinski definition) is 2. The van der Waals surface area contributed by atoms with Gasteiger partial charge in [-0.05, 0) is 39.7 Å². The van der Waals surface area contributed by atoms with Crippen LogP contribution < -0.4 is 10.6 Å². The third-order valence-corrected chi connectivity index (χ3v) is 3.01. The molecule has 0 aromatic rings. The first-order valence-electron chi connectivity index (χ1n) is 5.98. The van der Waals surface area contributed by atoms with Gasteiger partial charge in [0.05, 0.1) is 0 Å². The van der Waals surface area contributed by atoms with Crippen molar-refractivity contribution < 1.29 is 4.79 Å². The molecule has 0 aromatic heterocycles. The highest BCUT2D eigenvalue weighted by Crippen LogP contribution is 2.30. The van der Waals surface area contributed by atoms with Crippen LogP contribution in [0.4, 0.5) is 4.79 Å². The van der Waals surface area contributed by atoms with Crippen molar-refractivity contribution in [2.75, 3.05) is 13.1 Å². The molecule has 1 atom stereocenters. The second kappa shape index (κ2) is 4.39. The summed E-state index contributed by atoms with van der Waals surface area (Å²) in [6.45, 7) is 6.02. The van der Waals surface area contributed by atoms with Crippen molar-refractivity contribution in [3.63, 3.8) is 0 Å². The second-order valence-electron chi connectivity index (χ2n) is 4.89. The van der Waals surface area contributed by atoms with E-state index in [1.807, 2.05) is 13.8 Å². The molecule has 1 saturated heterocycles. The van der Waals surface area contributed by atoms with Crippen molar-refractivity contribution in [3.05, 3.63) is 0 Å². The number of carbonyl (C=O) groups is 1. The molecule has 4 nitrogen and oxygen atoms in total. The SMILES string of the molecule is CC(C)NC(=O)N(C1CC1)C1CCNC1. The number of amides is 2. The fourth-order valence-electron chi connectivity index (χ4n) is 2.18. The highest BCUT2D eigenvalue weighted by Gasteiger charge is 2.38. The molecule has 0 aromatic carbocycles. The Morgan fingerprint density at radius 1 is 1.33 bits per heavy atom. The lowest BCUT2D eigenvalue weighted by atomic mass is 10.2. The van der Waals surface area contributed by atoms with Crippen LogP contribution in [0.3, 0.4) is 0 Å². The lowest BCUT2D eigenvalue weighted by Crippen LogP contribution is -2.50. The molecule has 2 aliphatic rings. The van der Waals surface area contributed by atoms with Gasteiger partial charge in [0.1, 0.15) is 0 Å². The van der Waals surface area contributed by atoms with Gasteiger partial charge in [-0.1, -0.05) is 0 Å². The number of urea groups is 1. The topological polar surface area (TPSA) is 44.4 Å². The summed E-state index contributed by atoms with van der Waals surface area (Å²) in [5.74, 6) is 0. The minimum absolute atomic E-state index is 0.126. The summed E-state index contributed by atoms with van der Waals surface area (Å²) in [5, 5.41) is 6.32. The third kappa shape index (κ3) is 2.62. The summed E-state index contributed by atoms with van der Waals surface area (Å²) >= 11 is 0. The first-order chi connectivity index (χ1) is 7.18. The summed E-state index contributed by atoms with van der Waals surface area (Å²) in [6.07, 6.45) is 3.46. The first kappa shape index (κ1) is 10.7. The van der Waals surface area contributed by atoms with Crippen LogP contribution in [0.5, 0.6) is 0 Å². The molecule has 1 aliphatic carbocycles. The molecule has 2 fully saturated rings. The molecule has 86 valence electrons. The smallest absolute Gasteiger partial charge is 0.318 e. The predicted octanol–water partition coefficient (Wildman–Crippen LogP) is 0.931. The Kier molecular flexibility index (Phi) is 3.14. The molecule has 1 heterocycles. The largest absolute Gasteiger partial charge is 0.336 e. The molecule has 1 unspecified atom stereocenters. The zero-order valence-electron chi connectivity index (χ0n) is 9.62. The van der Waals surface area contributed by atoms with E-state index >= 15 is 0 Å². The van der Waals surface area contributed by atoms with Gasteiger partial charge in [-0.25, -0.2) is 4.79 Å². The maximum absolute atomic E-state index is 12.0. The summed E-state index contributed by atoms with van der Waals surface area (Å²) in [4.78, 5) is 14.1. The quantitative estimate of drug-likeness (QED) is 0.729. The predicted molar refractivity (Wildman–Crippen MR) is 59.8 cm³/mol. The number of nitrogens with zero attached hydrogens (tertiary/aromatic N) is 1. The van der Waals surface area contributed by atoms with Gasteiger partial charge in [0, 0.05) is 24.7 Å². The van der Waals surface area contributed by atoms with Gasteiger partial charge in [0.15, 0.2) is 0 Å². The van der Waals surface area contributed by atoms with Crippen LogP contribution in [-0.2, 0) is 0 Å². The molecule has 0 bridgehead atoms. The van der Waals surface area contributed by atoms with E-state index in [1.165, 1.54) is 12.8 Å². The molecule has 2 N–H and O–H groups in total. The molecule has 1 saturated carbocycles. The molecule has 1 aliphatic heterocycles. The van der Waals surface area contributed by atoms with Crippen molar-refractivity contribution in [1.82, 2.24) is 15.5 Å². The Bertz CT molecular complexity index is 232. The van der Waals surface area contributed by atoms with E-state index in [0.29, 0.717) is 12.1 Å². The first-order valence-corrected chi connectivity index (χ1v) is 5.98. The molecule has 2 rings (SSSR count). The Hall–Kier alpha value is -0.770. The fourth-order valence-corrected chi connectivity index (χ4v) is 2.18. The number of carbonyl (C=O) groups excluding carboxylic acids is 1. The van der Waals surface area contributed by atoms with Crippen molar-refractivity contribution >= 4 is 6.03 Å². The molecule has 2 amide bonds. The average molecular weight is 211 g/mol. The van der Waals surface area contributed by atoms with Crippen LogP contribution in [0.1, 0.15) is 33.1 Å². The Morgan fingerprint density at radius 3 is 2.53 bits per heavy atom. The maximum Gasteiger partial charge on any atom is 0.318 e. The van der Waals surface area contributed by atoms with Crippen LogP contribution in [0.2, 0.25) is 0 Å². The number of hydrogen-bond acceptors (Lipinski definition) is 2. The van der Waals surface area contributed by atoms with Gasteiger partial charge >= 0.3 is 6.03 Å². The summed E-state index contributed by atoms with van der Waals surface area (Å²) in [7, 11) is 0. The lowest BCUT2D eigenvalue weighted by molar-refractivity contribution is 0.172. The highest BCUT2D eigenvalue weighted by molar-refractivity contribution is 5.75. The Morgan fingerprint density at radius 2 is 2.07 bits per heavy atom. The fraction of sp³-hybridized carbons (Fsp3) is 0.909. The van der Waals surface area contributed by atoms with E-state index in [2.05, 4.69) is 15.5 Å². The monoisotopic (exact) mass is 211 g/mol. The van der Waals surface area contributed by atoms with E-state index in [4.69, 9.17) is 0 Å². The summed E-state index contributed by atoms with van der Waals surface area (Å²) in [5.41, 5.74) is 0. The van der Waals surface area contributed by atoms with E-state index in [9.17, 15) is 4.79 Å². The third-order valence-electron chi connectivity index (χ3n) is 3.01. The van der Waals surface area contributed by atoms with Crippen LogP contribution in [0, 0.1) is 0 Å². The van der Waals surface area contributed by atoms with Crippen molar-refractivity contribution in [2.45, 2.75) is 51.2 Å². The lowest BCUT2D eigenvalue weighted by Gasteiger charge is -2.29. The molecule has 4 heteroatoms. The molecule has 0 spiro atoms. The molecule has 0 radical (unpaired) electrons. The van der Waals surface area contributed by atoms with Crippen molar-refractivity contribution in [1.29, 1.82) is 0 Å². The zero-order valence-corrected chi connectivity index (χ0v) is 9.62. The van der Waals surface area contributed by atoms with Gasteiger partial charge in [-0.3, -0.25) is 0 Å². The normalized spacial score (nSPS) is 25.7. The minimum atomic E-state index is 0.126. The highest BCUT2D eigenvalue weighted by atomic mass is 16.2. The molecule has 15 heavy (non-hydrogen) atoms. The van der Waals surface area contributed by atoms with Crippen molar-refractivity contribution in [3.8, 4) is 0 Å². The van der Waals surface area contributed by atoms with E-state index in [-0.39, 0.29) is 12.1 Å². The number of nitrogens with one attached hydrogen (secondary N) is 2. The van der Waals surface area contributed by atoms with Gasteiger partial charge in [-0.15, -0.1) is 0 Å². The molecular weight excluding hydrogens is 190 g/mol. The summed E-state index contributed by atoms with van der Waals surface area (Å²) in [6, 6.07) is 1.28. The van der Waals surface area contributed by atoms with Crippen LogP contribution in [0.15, 0.2) is 0 Å². The van der Waals surface area contributed by atoms with Gasteiger partial charge in [0.25, 0.3) is 0 Å². The second-order valence-corrected chi connectivity index (χ2v) is 4.89. The van der Waals surface area contributed by atoms with Crippen LogP contribution >= 0.6 is 0 Å². The standard InChI is InChI=1S/C11H21N3O/c1-8(2)13-11(15)14(9-3-4-9)10-5-6-12-7-10/h8-10,12H,3-7H2,1-2H3,(H,13,15). The van der Waals surface area contributed by atoms with Gasteiger partial charge in [-0.2, -0.15) is 0 Å². The van der Waals surface area contributed by atoms with E-state index in [1.54, 1.807) is 0 Å². The summed E-state index contributed by atoms with van der Waals surface area (Å²) < 4.78 is 0. The zero-order chi connectivity index (χ0) is 10.8. The minimum Gasteiger partial charge on any atom is -0.336 e. The van der Waals surface area contributed by atoms with Crippen LogP contribution in [0.25, 0.3) is 0 Å². The number of rotatable bonds is 3. The van der Waals surface area contributed by atoms with E-state index < -0.39 is 0 Å². The maximum atomic E-state index is 12.0. The van der Waals surface area contributed by atoms with E-state index in [0.717, 1.165) is 19.5 Å². The van der Waals surface area contributed by atoms with Crippen LogP contribution in [-0.4, -0.2) is 42.1 Å². The Balaban J connectivity index is 1.95. The van der Waals surface area contributed by atoms with Crippen molar-refractivity contribution in [2.24, 2.45) is 0 Å².